The number of allylic oxidation sites excluding steroid dienone is 1. The van der Waals surface area contributed by atoms with Gasteiger partial charge >= 0.3 is 0 Å². The molecule has 1 aromatic heterocycles. The fraction of sp³-hybridized carbons (Fsp3) is 0.211. The Hall–Kier alpha value is -2.13. The molecule has 3 rings (SSSR count). The van der Waals surface area contributed by atoms with Crippen molar-refractivity contribution in [3.8, 4) is 0 Å². The van der Waals surface area contributed by atoms with Crippen molar-refractivity contribution in [3.63, 3.8) is 0 Å². The molecule has 0 spiro atoms. The van der Waals surface area contributed by atoms with E-state index in [1.165, 1.54) is 32.0 Å². The Balaban J connectivity index is 1.97. The number of anilines is 1. The third kappa shape index (κ3) is 2.77. The lowest BCUT2D eigenvalue weighted by atomic mass is 10.1. The summed E-state index contributed by atoms with van der Waals surface area (Å²) >= 11 is 1.85. The number of hydrogen-bond donors (Lipinski definition) is 0. The van der Waals surface area contributed by atoms with E-state index >= 15 is 0 Å². The molecule has 0 amide bonds. The molecule has 3 aromatic rings. The van der Waals surface area contributed by atoms with Gasteiger partial charge in [0.25, 0.3) is 5.01 Å². The first-order valence-corrected chi connectivity index (χ1v) is 8.21. The minimum Gasteiger partial charge on any atom is -0.378 e. The van der Waals surface area contributed by atoms with Crippen LogP contribution in [0.2, 0.25) is 0 Å². The van der Waals surface area contributed by atoms with Crippen LogP contribution in [-0.2, 0) is 7.05 Å². The Morgan fingerprint density at radius 2 is 1.73 bits per heavy atom. The quantitative estimate of drug-likeness (QED) is 0.652. The second-order valence-electron chi connectivity index (χ2n) is 5.75. The van der Waals surface area contributed by atoms with Gasteiger partial charge in [0.05, 0.1) is 0 Å². The van der Waals surface area contributed by atoms with Gasteiger partial charge < -0.3 is 4.90 Å². The van der Waals surface area contributed by atoms with Gasteiger partial charge in [-0.2, -0.15) is 4.57 Å². The van der Waals surface area contributed by atoms with Crippen LogP contribution in [0.1, 0.15) is 17.5 Å². The van der Waals surface area contributed by atoms with E-state index in [1.807, 2.05) is 11.3 Å². The lowest BCUT2D eigenvalue weighted by Crippen LogP contribution is -2.29. The number of aryl methyl sites for hydroxylation is 1. The van der Waals surface area contributed by atoms with Crippen molar-refractivity contribution in [2.45, 2.75) is 6.92 Å². The highest BCUT2D eigenvalue weighted by molar-refractivity contribution is 7.19. The zero-order valence-electron chi connectivity index (χ0n) is 13.5. The van der Waals surface area contributed by atoms with Crippen LogP contribution in [0.4, 0.5) is 5.69 Å². The Kier molecular flexibility index (Phi) is 3.99. The van der Waals surface area contributed by atoms with Gasteiger partial charge in [-0.3, -0.25) is 0 Å². The van der Waals surface area contributed by atoms with Crippen LogP contribution >= 0.6 is 11.3 Å². The van der Waals surface area contributed by atoms with Crippen LogP contribution in [-0.4, -0.2) is 14.1 Å². The lowest BCUT2D eigenvalue weighted by molar-refractivity contribution is -0.642. The lowest BCUT2D eigenvalue weighted by Gasteiger charge is -2.11. The van der Waals surface area contributed by atoms with E-state index in [0.29, 0.717) is 0 Å². The molecule has 3 heteroatoms. The second kappa shape index (κ2) is 5.93. The van der Waals surface area contributed by atoms with Crippen LogP contribution in [0.15, 0.2) is 48.5 Å². The van der Waals surface area contributed by atoms with Crippen molar-refractivity contribution in [1.82, 2.24) is 0 Å². The number of nitrogens with zero attached hydrogens (tertiary/aromatic N) is 2. The fourth-order valence-electron chi connectivity index (χ4n) is 2.63. The summed E-state index contributed by atoms with van der Waals surface area (Å²) in [6.07, 6.45) is 2.25. The van der Waals surface area contributed by atoms with Crippen LogP contribution in [0.25, 0.3) is 21.9 Å². The standard InChI is InChI=1S/C19H21N2S/c1-14(13-15-9-11-16(12-10-15)20(2)3)19-21(4)17-7-5-6-8-18(17)22-19/h5-13H,1-4H3/q+1. The number of thiazole rings is 1. The SMILES string of the molecule is C/C(=C\c1ccc(N(C)C)cc1)c1sc2ccccc2[n+]1C. The van der Waals surface area contributed by atoms with Gasteiger partial charge in [0.2, 0.25) is 5.52 Å². The summed E-state index contributed by atoms with van der Waals surface area (Å²) in [5.74, 6) is 0. The number of hydrogen-bond acceptors (Lipinski definition) is 2. The molecule has 112 valence electrons. The van der Waals surface area contributed by atoms with Crippen molar-refractivity contribution in [1.29, 1.82) is 0 Å². The molecule has 2 nitrogen and oxygen atoms in total. The van der Waals surface area contributed by atoms with E-state index in [9.17, 15) is 0 Å². The summed E-state index contributed by atoms with van der Waals surface area (Å²) in [6.45, 7) is 2.19. The van der Waals surface area contributed by atoms with Crippen molar-refractivity contribution in [3.05, 3.63) is 59.1 Å². The first-order chi connectivity index (χ1) is 10.6. The monoisotopic (exact) mass is 309 g/mol. The maximum absolute atomic E-state index is 2.28. The first kappa shape index (κ1) is 14.8. The summed E-state index contributed by atoms with van der Waals surface area (Å²) in [5, 5.41) is 1.30. The summed E-state index contributed by atoms with van der Waals surface area (Å²) in [7, 11) is 6.27. The predicted molar refractivity (Wildman–Crippen MR) is 97.3 cm³/mol. The molecule has 0 bridgehead atoms. The predicted octanol–water partition coefficient (Wildman–Crippen LogP) is 4.35. The van der Waals surface area contributed by atoms with E-state index < -0.39 is 0 Å². The number of aromatic nitrogens is 1. The van der Waals surface area contributed by atoms with E-state index in [4.69, 9.17) is 0 Å². The van der Waals surface area contributed by atoms with Crippen molar-refractivity contribution < 1.29 is 4.57 Å². The minimum absolute atomic E-state index is 1.22. The van der Waals surface area contributed by atoms with Crippen molar-refractivity contribution >= 4 is 38.9 Å². The average molecular weight is 309 g/mol. The van der Waals surface area contributed by atoms with Crippen molar-refractivity contribution in [2.24, 2.45) is 7.05 Å². The molecule has 0 N–H and O–H groups in total. The molecule has 0 radical (unpaired) electrons. The fourth-order valence-corrected chi connectivity index (χ4v) is 3.75. The minimum atomic E-state index is 1.22. The van der Waals surface area contributed by atoms with Gasteiger partial charge in [-0.1, -0.05) is 35.6 Å². The second-order valence-corrected chi connectivity index (χ2v) is 6.78. The Morgan fingerprint density at radius 3 is 2.36 bits per heavy atom. The van der Waals surface area contributed by atoms with Crippen LogP contribution in [0.3, 0.4) is 0 Å². The normalized spacial score (nSPS) is 11.9. The topological polar surface area (TPSA) is 7.12 Å². The smallest absolute Gasteiger partial charge is 0.265 e. The Morgan fingerprint density at radius 1 is 1.05 bits per heavy atom. The molecular weight excluding hydrogens is 288 g/mol. The molecule has 2 aromatic carbocycles. The molecule has 0 fully saturated rings. The largest absolute Gasteiger partial charge is 0.378 e. The third-order valence-electron chi connectivity index (χ3n) is 3.87. The Bertz CT molecular complexity index is 826. The zero-order valence-corrected chi connectivity index (χ0v) is 14.3. The van der Waals surface area contributed by atoms with E-state index in [-0.39, 0.29) is 0 Å². The molecule has 0 saturated heterocycles. The molecular formula is C19H21N2S+. The highest BCUT2D eigenvalue weighted by atomic mass is 32.1. The van der Waals surface area contributed by atoms with Crippen LogP contribution in [0.5, 0.6) is 0 Å². The van der Waals surface area contributed by atoms with Crippen LogP contribution in [0, 0.1) is 0 Å². The highest BCUT2D eigenvalue weighted by Crippen LogP contribution is 2.26. The molecule has 0 atom stereocenters. The molecule has 0 saturated carbocycles. The van der Waals surface area contributed by atoms with E-state index in [1.54, 1.807) is 0 Å². The van der Waals surface area contributed by atoms with E-state index in [0.717, 1.165) is 0 Å². The third-order valence-corrected chi connectivity index (χ3v) is 5.22. The van der Waals surface area contributed by atoms with Crippen LogP contribution < -0.4 is 9.47 Å². The van der Waals surface area contributed by atoms with E-state index in [2.05, 4.69) is 92.1 Å². The summed E-state index contributed by atoms with van der Waals surface area (Å²) in [4.78, 5) is 2.12. The summed E-state index contributed by atoms with van der Waals surface area (Å²) in [5.41, 5.74) is 5.04. The number of fused-ring (bicyclic) bond motifs is 1. The number of para-hydroxylation sites is 1. The molecule has 0 aliphatic carbocycles. The van der Waals surface area contributed by atoms with Gasteiger partial charge in [-0.25, -0.2) is 0 Å². The highest BCUT2D eigenvalue weighted by Gasteiger charge is 2.17. The van der Waals surface area contributed by atoms with Gasteiger partial charge in [-0.05, 0) is 36.8 Å². The van der Waals surface area contributed by atoms with Gasteiger partial charge in [-0.15, -0.1) is 0 Å². The molecule has 0 unspecified atom stereocenters. The molecule has 0 aliphatic rings. The first-order valence-electron chi connectivity index (χ1n) is 7.40. The summed E-state index contributed by atoms with van der Waals surface area (Å²) in [6, 6.07) is 17.2. The van der Waals surface area contributed by atoms with Gasteiger partial charge in [0.15, 0.2) is 0 Å². The summed E-state index contributed by atoms with van der Waals surface area (Å²) < 4.78 is 3.61. The maximum atomic E-state index is 2.28. The zero-order chi connectivity index (χ0) is 15.7. The van der Waals surface area contributed by atoms with Crippen molar-refractivity contribution in [2.75, 3.05) is 19.0 Å². The van der Waals surface area contributed by atoms with Gasteiger partial charge in [0.1, 0.15) is 11.7 Å². The average Bonchev–Trinajstić information content (AvgIpc) is 2.85. The molecule has 22 heavy (non-hydrogen) atoms. The van der Waals surface area contributed by atoms with Gasteiger partial charge in [0, 0.05) is 31.4 Å². The number of rotatable bonds is 3. The molecule has 0 aliphatic heterocycles. The molecule has 1 heterocycles. The maximum Gasteiger partial charge on any atom is 0.265 e. The number of benzene rings is 2. The Labute approximate surface area is 136 Å².